The summed E-state index contributed by atoms with van der Waals surface area (Å²) >= 11 is 0. The third-order valence-electron chi connectivity index (χ3n) is 2.33. The standard InChI is InChI=1S/C12H17NO/c1-9(7-8-13)11-5-4-6-12(14-3)10(11)2/h4-6H,1,7-8,13H2,2-3H3. The molecule has 1 rings (SSSR count). The summed E-state index contributed by atoms with van der Waals surface area (Å²) in [7, 11) is 1.68. The predicted octanol–water partition coefficient (Wildman–Crippen LogP) is 2.37. The van der Waals surface area contributed by atoms with Crippen molar-refractivity contribution in [1.29, 1.82) is 0 Å². The maximum atomic E-state index is 5.50. The highest BCUT2D eigenvalue weighted by atomic mass is 16.5. The minimum atomic E-state index is 0.634. The third kappa shape index (κ3) is 2.15. The molecule has 0 saturated heterocycles. The molecule has 0 aliphatic heterocycles. The van der Waals surface area contributed by atoms with Gasteiger partial charge in [0.15, 0.2) is 0 Å². The molecule has 2 nitrogen and oxygen atoms in total. The topological polar surface area (TPSA) is 35.2 Å². The maximum absolute atomic E-state index is 5.50. The predicted molar refractivity (Wildman–Crippen MR) is 60.4 cm³/mol. The van der Waals surface area contributed by atoms with Crippen LogP contribution < -0.4 is 10.5 Å². The first-order valence-electron chi connectivity index (χ1n) is 4.72. The molecular formula is C12H17NO. The number of hydrogen-bond donors (Lipinski definition) is 1. The second-order valence-corrected chi connectivity index (χ2v) is 3.28. The Morgan fingerprint density at radius 1 is 1.50 bits per heavy atom. The Hall–Kier alpha value is -1.28. The molecule has 0 spiro atoms. The van der Waals surface area contributed by atoms with Gasteiger partial charge >= 0.3 is 0 Å². The van der Waals surface area contributed by atoms with Crippen LogP contribution >= 0.6 is 0 Å². The summed E-state index contributed by atoms with van der Waals surface area (Å²) in [5.74, 6) is 0.903. The molecule has 0 saturated carbocycles. The summed E-state index contributed by atoms with van der Waals surface area (Å²) in [5.41, 5.74) is 8.85. The SMILES string of the molecule is C=C(CCN)c1cccc(OC)c1C. The van der Waals surface area contributed by atoms with Crippen molar-refractivity contribution in [2.24, 2.45) is 5.73 Å². The van der Waals surface area contributed by atoms with E-state index in [0.717, 1.165) is 28.9 Å². The summed E-state index contributed by atoms with van der Waals surface area (Å²) in [4.78, 5) is 0. The smallest absolute Gasteiger partial charge is 0.122 e. The van der Waals surface area contributed by atoms with Crippen LogP contribution in [-0.4, -0.2) is 13.7 Å². The van der Waals surface area contributed by atoms with Crippen LogP contribution in [0.2, 0.25) is 0 Å². The molecule has 0 bridgehead atoms. The van der Waals surface area contributed by atoms with Crippen LogP contribution in [0, 0.1) is 6.92 Å². The summed E-state index contributed by atoms with van der Waals surface area (Å²) in [6.45, 7) is 6.69. The molecule has 1 aromatic rings. The highest BCUT2D eigenvalue weighted by Crippen LogP contribution is 2.26. The highest BCUT2D eigenvalue weighted by Gasteiger charge is 2.06. The van der Waals surface area contributed by atoms with Crippen molar-refractivity contribution >= 4 is 5.57 Å². The van der Waals surface area contributed by atoms with E-state index in [1.165, 1.54) is 0 Å². The lowest BCUT2D eigenvalue weighted by Gasteiger charge is -2.11. The quantitative estimate of drug-likeness (QED) is 0.793. The van der Waals surface area contributed by atoms with Gasteiger partial charge in [-0.3, -0.25) is 0 Å². The van der Waals surface area contributed by atoms with Gasteiger partial charge in [-0.25, -0.2) is 0 Å². The first kappa shape index (κ1) is 10.8. The Labute approximate surface area is 85.4 Å². The Morgan fingerprint density at radius 3 is 2.79 bits per heavy atom. The zero-order valence-electron chi connectivity index (χ0n) is 8.84. The van der Waals surface area contributed by atoms with Gasteiger partial charge < -0.3 is 10.5 Å². The second-order valence-electron chi connectivity index (χ2n) is 3.28. The van der Waals surface area contributed by atoms with Crippen LogP contribution in [0.1, 0.15) is 17.5 Å². The van der Waals surface area contributed by atoms with Crippen molar-refractivity contribution in [3.05, 3.63) is 35.9 Å². The lowest BCUT2D eigenvalue weighted by Crippen LogP contribution is -2.00. The van der Waals surface area contributed by atoms with E-state index >= 15 is 0 Å². The van der Waals surface area contributed by atoms with Crippen molar-refractivity contribution in [3.8, 4) is 5.75 Å². The number of rotatable bonds is 4. The third-order valence-corrected chi connectivity index (χ3v) is 2.33. The number of benzene rings is 1. The van der Waals surface area contributed by atoms with Crippen LogP contribution in [0.15, 0.2) is 24.8 Å². The molecular weight excluding hydrogens is 174 g/mol. The lowest BCUT2D eigenvalue weighted by atomic mass is 9.99. The zero-order chi connectivity index (χ0) is 10.6. The van der Waals surface area contributed by atoms with E-state index in [1.54, 1.807) is 7.11 Å². The second kappa shape index (κ2) is 4.82. The molecule has 0 unspecified atom stereocenters. The molecule has 0 heterocycles. The van der Waals surface area contributed by atoms with Gasteiger partial charge in [0.25, 0.3) is 0 Å². The summed E-state index contributed by atoms with van der Waals surface area (Å²) in [6.07, 6.45) is 0.827. The minimum Gasteiger partial charge on any atom is -0.496 e. The number of hydrogen-bond acceptors (Lipinski definition) is 2. The number of nitrogens with two attached hydrogens (primary N) is 1. The molecule has 0 atom stereocenters. The molecule has 0 aromatic heterocycles. The van der Waals surface area contributed by atoms with Crippen LogP contribution in [0.25, 0.3) is 5.57 Å². The first-order chi connectivity index (χ1) is 6.70. The average molecular weight is 191 g/mol. The molecule has 0 radical (unpaired) electrons. The normalized spacial score (nSPS) is 9.93. The molecule has 0 amide bonds. The molecule has 0 aliphatic carbocycles. The molecule has 2 heteroatoms. The van der Waals surface area contributed by atoms with Crippen molar-refractivity contribution in [1.82, 2.24) is 0 Å². The van der Waals surface area contributed by atoms with E-state index in [-0.39, 0.29) is 0 Å². The minimum absolute atomic E-state index is 0.634. The van der Waals surface area contributed by atoms with Gasteiger partial charge in [-0.05, 0) is 42.7 Å². The van der Waals surface area contributed by atoms with E-state index in [0.29, 0.717) is 6.54 Å². The lowest BCUT2D eigenvalue weighted by molar-refractivity contribution is 0.411. The Morgan fingerprint density at radius 2 is 2.21 bits per heavy atom. The average Bonchev–Trinajstić information content (AvgIpc) is 2.18. The van der Waals surface area contributed by atoms with Gasteiger partial charge in [0.1, 0.15) is 5.75 Å². The molecule has 0 fully saturated rings. The van der Waals surface area contributed by atoms with Gasteiger partial charge in [0.05, 0.1) is 7.11 Å². The van der Waals surface area contributed by atoms with Crippen LogP contribution in [0.5, 0.6) is 5.75 Å². The van der Waals surface area contributed by atoms with Gasteiger partial charge in [-0.2, -0.15) is 0 Å². The van der Waals surface area contributed by atoms with Crippen molar-refractivity contribution in [2.75, 3.05) is 13.7 Å². The molecule has 0 aliphatic rings. The van der Waals surface area contributed by atoms with Crippen LogP contribution in [0.4, 0.5) is 0 Å². The molecule has 2 N–H and O–H groups in total. The van der Waals surface area contributed by atoms with E-state index < -0.39 is 0 Å². The summed E-state index contributed by atoms with van der Waals surface area (Å²) in [5, 5.41) is 0. The molecule has 14 heavy (non-hydrogen) atoms. The van der Waals surface area contributed by atoms with Gasteiger partial charge in [0.2, 0.25) is 0 Å². The van der Waals surface area contributed by atoms with E-state index in [4.69, 9.17) is 10.5 Å². The van der Waals surface area contributed by atoms with Gasteiger partial charge in [0, 0.05) is 0 Å². The molecule has 1 aromatic carbocycles. The number of methoxy groups -OCH3 is 1. The maximum Gasteiger partial charge on any atom is 0.122 e. The Bertz CT molecular complexity index is 331. The van der Waals surface area contributed by atoms with Crippen molar-refractivity contribution in [3.63, 3.8) is 0 Å². The van der Waals surface area contributed by atoms with Crippen molar-refractivity contribution in [2.45, 2.75) is 13.3 Å². The highest BCUT2D eigenvalue weighted by molar-refractivity contribution is 5.68. The van der Waals surface area contributed by atoms with E-state index in [1.807, 2.05) is 19.1 Å². The Balaban J connectivity index is 3.03. The van der Waals surface area contributed by atoms with Crippen molar-refractivity contribution < 1.29 is 4.74 Å². The van der Waals surface area contributed by atoms with E-state index in [2.05, 4.69) is 12.6 Å². The monoisotopic (exact) mass is 191 g/mol. The summed E-state index contributed by atoms with van der Waals surface area (Å²) < 4.78 is 5.24. The number of ether oxygens (including phenoxy) is 1. The molecule has 76 valence electrons. The van der Waals surface area contributed by atoms with Gasteiger partial charge in [-0.1, -0.05) is 18.7 Å². The zero-order valence-corrected chi connectivity index (χ0v) is 8.84. The van der Waals surface area contributed by atoms with Crippen LogP contribution in [-0.2, 0) is 0 Å². The fourth-order valence-electron chi connectivity index (χ4n) is 1.53. The first-order valence-corrected chi connectivity index (χ1v) is 4.72. The fourth-order valence-corrected chi connectivity index (χ4v) is 1.53. The van der Waals surface area contributed by atoms with E-state index in [9.17, 15) is 0 Å². The summed E-state index contributed by atoms with van der Waals surface area (Å²) in [6, 6.07) is 5.98. The fraction of sp³-hybridized carbons (Fsp3) is 0.333. The Kier molecular flexibility index (Phi) is 3.72. The van der Waals surface area contributed by atoms with Crippen LogP contribution in [0.3, 0.4) is 0 Å². The van der Waals surface area contributed by atoms with Gasteiger partial charge in [-0.15, -0.1) is 0 Å². The largest absolute Gasteiger partial charge is 0.496 e.